The van der Waals surface area contributed by atoms with Gasteiger partial charge in [0.15, 0.2) is 0 Å². The van der Waals surface area contributed by atoms with E-state index >= 15 is 0 Å². The topological polar surface area (TPSA) is 0 Å². The van der Waals surface area contributed by atoms with Gasteiger partial charge in [0.05, 0.1) is 0 Å². The normalized spacial score (nSPS) is 8.45. The first-order valence-corrected chi connectivity index (χ1v) is 8.30. The Kier molecular flexibility index (Phi) is 16.5. The van der Waals surface area contributed by atoms with Crippen molar-refractivity contribution in [3.05, 3.63) is 57.6 Å². The second-order valence-electron chi connectivity index (χ2n) is 5.65. The van der Waals surface area contributed by atoms with Crippen LogP contribution in [0.1, 0.15) is 47.2 Å². The van der Waals surface area contributed by atoms with Crippen LogP contribution in [0.2, 0.25) is 0 Å². The van der Waals surface area contributed by atoms with Crippen molar-refractivity contribution in [1.29, 1.82) is 0 Å². The second-order valence-corrected chi connectivity index (χ2v) is 8.11. The maximum Gasteiger partial charge on any atom is -0.0632 e. The first-order chi connectivity index (χ1) is 9.16. The van der Waals surface area contributed by atoms with Crippen LogP contribution in [0.5, 0.6) is 0 Å². The molecule has 0 unspecified atom stereocenters. The van der Waals surface area contributed by atoms with Gasteiger partial charge in [-0.2, -0.15) is 57.6 Å². The summed E-state index contributed by atoms with van der Waals surface area (Å²) in [4.78, 5) is 0. The molecule has 0 amide bonds. The van der Waals surface area contributed by atoms with Crippen molar-refractivity contribution in [2.24, 2.45) is 0 Å². The van der Waals surface area contributed by atoms with Crippen LogP contribution < -0.4 is 24.8 Å². The molecule has 2 rings (SSSR count). The Morgan fingerprint density at radius 3 is 1.00 bits per heavy atom. The SMILES string of the molecule is C[C](C)=[Zr+2].Cc1c[cH-]c(C)c1C.Cc1c[cH-]c(C)c1C.[Cl-].[Cl-]. The molecule has 124 valence electrons. The molecular formula is C19H28Cl2Zr-2. The molecule has 0 nitrogen and oxygen atoms in total. The fourth-order valence-corrected chi connectivity index (χ4v) is 1.62. The van der Waals surface area contributed by atoms with Gasteiger partial charge in [-0.1, -0.05) is 41.5 Å². The molecule has 0 bridgehead atoms. The van der Waals surface area contributed by atoms with Crippen LogP contribution in [-0.4, -0.2) is 3.21 Å². The molecule has 0 heterocycles. The molecule has 0 aliphatic carbocycles. The summed E-state index contributed by atoms with van der Waals surface area (Å²) >= 11 is 1.55. The molecule has 22 heavy (non-hydrogen) atoms. The predicted octanol–water partition coefficient (Wildman–Crippen LogP) is -0.585. The zero-order chi connectivity index (χ0) is 15.9. The third-order valence-electron chi connectivity index (χ3n) is 3.53. The summed E-state index contributed by atoms with van der Waals surface area (Å²) in [5.74, 6) is 0. The number of halogens is 2. The summed E-state index contributed by atoms with van der Waals surface area (Å²) in [6, 6.07) is 8.63. The van der Waals surface area contributed by atoms with E-state index in [2.05, 4.69) is 79.7 Å². The monoisotopic (exact) mass is 416 g/mol. The molecule has 0 N–H and O–H groups in total. The molecule has 0 aromatic heterocycles. The van der Waals surface area contributed by atoms with Crippen molar-refractivity contribution >= 4 is 3.21 Å². The van der Waals surface area contributed by atoms with E-state index in [9.17, 15) is 0 Å². The van der Waals surface area contributed by atoms with Gasteiger partial charge in [-0.3, -0.25) is 0 Å². The molecule has 2 aromatic rings. The Bertz CT molecular complexity index is 461. The maximum absolute atomic E-state index is 2.16. The van der Waals surface area contributed by atoms with Crippen molar-refractivity contribution in [1.82, 2.24) is 0 Å². The summed E-state index contributed by atoms with van der Waals surface area (Å²) < 4.78 is 1.51. The van der Waals surface area contributed by atoms with Gasteiger partial charge in [0, 0.05) is 0 Å². The molecule has 2 aromatic carbocycles. The van der Waals surface area contributed by atoms with Crippen molar-refractivity contribution in [3.8, 4) is 0 Å². The minimum atomic E-state index is 0. The standard InChI is InChI=1S/2C8H11.C3H6.2ClH.Zr/c2*1-6-4-5-7(2)8(6)3;1-3-2;;;/h2*4-5H,1-3H3;1-2H3;2*1H;/q2*-1;;;;+2/p-2. The predicted molar refractivity (Wildman–Crippen MR) is 88.8 cm³/mol. The van der Waals surface area contributed by atoms with E-state index in [1.54, 1.807) is 24.2 Å². The molecule has 0 fully saturated rings. The van der Waals surface area contributed by atoms with E-state index in [1.807, 2.05) is 0 Å². The molecule has 0 radical (unpaired) electrons. The minimum Gasteiger partial charge on any atom is -1.00 e. The molecule has 0 spiro atoms. The molecule has 0 aliphatic heterocycles. The van der Waals surface area contributed by atoms with Crippen molar-refractivity contribution < 1.29 is 49.0 Å². The second kappa shape index (κ2) is 13.5. The maximum atomic E-state index is 2.16. The van der Waals surface area contributed by atoms with E-state index in [1.165, 1.54) is 36.6 Å². The van der Waals surface area contributed by atoms with Crippen molar-refractivity contribution in [2.45, 2.75) is 55.4 Å². The van der Waals surface area contributed by atoms with Gasteiger partial charge in [-0.15, -0.1) is 0 Å². The third kappa shape index (κ3) is 10.7. The summed E-state index contributed by atoms with van der Waals surface area (Å²) in [5, 5.41) is 0. The van der Waals surface area contributed by atoms with Gasteiger partial charge in [-0.25, -0.2) is 0 Å². The van der Waals surface area contributed by atoms with Gasteiger partial charge in [0.2, 0.25) is 0 Å². The molecule has 3 heteroatoms. The number of hydrogen-bond donors (Lipinski definition) is 0. The van der Waals surface area contributed by atoms with E-state index in [4.69, 9.17) is 0 Å². The van der Waals surface area contributed by atoms with Gasteiger partial charge in [0.25, 0.3) is 0 Å². The van der Waals surface area contributed by atoms with Crippen molar-refractivity contribution in [2.75, 3.05) is 0 Å². The fourth-order valence-electron chi connectivity index (χ4n) is 1.62. The zero-order valence-corrected chi connectivity index (χ0v) is 19.0. The summed E-state index contributed by atoms with van der Waals surface area (Å²) in [6.45, 7) is 17.1. The van der Waals surface area contributed by atoms with Crippen LogP contribution in [0, 0.1) is 41.5 Å². The smallest absolute Gasteiger partial charge is 0.0632 e. The van der Waals surface area contributed by atoms with Crippen LogP contribution in [0.25, 0.3) is 0 Å². The first-order valence-electron chi connectivity index (χ1n) is 7.07. The zero-order valence-electron chi connectivity index (χ0n) is 15.1. The van der Waals surface area contributed by atoms with Crippen LogP contribution >= 0.6 is 0 Å². The van der Waals surface area contributed by atoms with Crippen LogP contribution in [0.15, 0.2) is 24.3 Å². The minimum absolute atomic E-state index is 0. The van der Waals surface area contributed by atoms with Crippen LogP contribution in [0.4, 0.5) is 0 Å². The van der Waals surface area contributed by atoms with Gasteiger partial charge >= 0.3 is 41.3 Å². The van der Waals surface area contributed by atoms with Gasteiger partial charge in [-0.05, 0) is 0 Å². The van der Waals surface area contributed by atoms with E-state index in [-0.39, 0.29) is 24.8 Å². The quantitative estimate of drug-likeness (QED) is 0.502. The Morgan fingerprint density at radius 1 is 0.727 bits per heavy atom. The van der Waals surface area contributed by atoms with E-state index in [0.29, 0.717) is 0 Å². The number of hydrogen-bond acceptors (Lipinski definition) is 0. The fraction of sp³-hybridized carbons (Fsp3) is 0.421. The van der Waals surface area contributed by atoms with Gasteiger partial charge in [0.1, 0.15) is 0 Å². The largest absolute Gasteiger partial charge is 1.00 e. The molecule has 0 saturated heterocycles. The van der Waals surface area contributed by atoms with E-state index < -0.39 is 0 Å². The molecule has 0 aliphatic rings. The van der Waals surface area contributed by atoms with E-state index in [0.717, 1.165) is 0 Å². The van der Waals surface area contributed by atoms with Gasteiger partial charge < -0.3 is 24.8 Å². The molecular weight excluding hydrogens is 390 g/mol. The number of aryl methyl sites for hydroxylation is 4. The Balaban J connectivity index is -0.000000249. The Morgan fingerprint density at radius 2 is 0.955 bits per heavy atom. The Labute approximate surface area is 164 Å². The average Bonchev–Trinajstić information content (AvgIpc) is 2.80. The van der Waals surface area contributed by atoms with Crippen LogP contribution in [0.3, 0.4) is 0 Å². The molecule has 0 saturated carbocycles. The summed E-state index contributed by atoms with van der Waals surface area (Å²) in [6.07, 6.45) is 0. The van der Waals surface area contributed by atoms with Crippen LogP contribution in [-0.2, 0) is 24.2 Å². The third-order valence-corrected chi connectivity index (χ3v) is 3.53. The number of rotatable bonds is 0. The average molecular weight is 419 g/mol. The van der Waals surface area contributed by atoms with Crippen molar-refractivity contribution in [3.63, 3.8) is 0 Å². The summed E-state index contributed by atoms with van der Waals surface area (Å²) in [7, 11) is 0. The first kappa shape index (κ1) is 26.9. The summed E-state index contributed by atoms with van der Waals surface area (Å²) in [5.41, 5.74) is 8.49. The molecule has 0 atom stereocenters. The Hall–Kier alpha value is 0.0331.